The van der Waals surface area contributed by atoms with Crippen LogP contribution in [-0.4, -0.2) is 29.4 Å². The molecule has 280 valence electrons. The summed E-state index contributed by atoms with van der Waals surface area (Å²) in [7, 11) is 0. The van der Waals surface area contributed by atoms with Crippen molar-refractivity contribution in [1.29, 1.82) is 0 Å². The van der Waals surface area contributed by atoms with E-state index in [4.69, 9.17) is 0 Å². The fourth-order valence-electron chi connectivity index (χ4n) is 6.78. The molecule has 1 atom stereocenters. The number of hydrogen-bond donors (Lipinski definition) is 2. The highest BCUT2D eigenvalue weighted by Crippen LogP contribution is 2.16. The highest BCUT2D eigenvalue weighted by Gasteiger charge is 2.07. The number of amides is 1. The maximum atomic E-state index is 12.1. The molecule has 0 heterocycles. The molecule has 1 amide bonds. The Labute approximate surface area is 295 Å². The molecular formula is C43H85NO3. The molecule has 0 aliphatic carbocycles. The quantitative estimate of drug-likeness (QED) is 0.0641. The fourth-order valence-corrected chi connectivity index (χ4v) is 6.78. The van der Waals surface area contributed by atoms with E-state index < -0.39 is 6.10 Å². The molecule has 0 aromatic rings. The number of Topliss-reactive ketones (excluding diaryl/α,β-unsaturated/α-hetero) is 1. The molecule has 0 aliphatic heterocycles. The third-order valence-electron chi connectivity index (χ3n) is 10.1. The molecule has 0 aliphatic rings. The summed E-state index contributed by atoms with van der Waals surface area (Å²) < 4.78 is 0. The number of nitrogens with one attached hydrogen (secondary N) is 1. The van der Waals surface area contributed by atoms with Crippen LogP contribution in [0.3, 0.4) is 0 Å². The van der Waals surface area contributed by atoms with Gasteiger partial charge in [0.2, 0.25) is 5.91 Å². The van der Waals surface area contributed by atoms with E-state index in [-0.39, 0.29) is 5.91 Å². The van der Waals surface area contributed by atoms with Crippen molar-refractivity contribution in [3.05, 3.63) is 0 Å². The molecule has 0 aromatic carbocycles. The van der Waals surface area contributed by atoms with Crippen LogP contribution in [0.5, 0.6) is 0 Å². The summed E-state index contributed by atoms with van der Waals surface area (Å²) in [5.41, 5.74) is 0. The van der Waals surface area contributed by atoms with Gasteiger partial charge in [-0.25, -0.2) is 0 Å². The van der Waals surface area contributed by atoms with Crippen molar-refractivity contribution in [1.82, 2.24) is 5.32 Å². The highest BCUT2D eigenvalue weighted by atomic mass is 16.3. The summed E-state index contributed by atoms with van der Waals surface area (Å²) in [4.78, 5) is 24.2. The van der Waals surface area contributed by atoms with Crippen molar-refractivity contribution in [2.75, 3.05) is 6.54 Å². The van der Waals surface area contributed by atoms with Crippen LogP contribution in [0.2, 0.25) is 0 Å². The summed E-state index contributed by atoms with van der Waals surface area (Å²) in [6.45, 7) is 4.95. The van der Waals surface area contributed by atoms with Gasteiger partial charge in [0.1, 0.15) is 5.78 Å². The van der Waals surface area contributed by atoms with E-state index in [2.05, 4.69) is 19.2 Å². The molecule has 0 saturated carbocycles. The zero-order chi connectivity index (χ0) is 34.3. The number of carbonyl (C=O) groups is 2. The molecule has 0 radical (unpaired) electrons. The Hall–Kier alpha value is -0.900. The standard InChI is InChI=1S/C43H85NO3/c1-3-5-7-9-11-13-14-15-16-17-18-19-21-26-30-34-38-42(46)40-44-43(47)39-35-31-27-23-22-25-29-33-37-41(45)36-32-28-24-20-12-10-8-6-4-2/h42,46H,3-40H2,1-2H3,(H,44,47)/t42-/m0/s1. The molecule has 2 N–H and O–H groups in total. The highest BCUT2D eigenvalue weighted by molar-refractivity contribution is 5.78. The number of rotatable bonds is 40. The van der Waals surface area contributed by atoms with E-state index >= 15 is 0 Å². The zero-order valence-electron chi connectivity index (χ0n) is 32.2. The van der Waals surface area contributed by atoms with Gasteiger partial charge in [0, 0.05) is 25.8 Å². The Balaban J connectivity index is 3.32. The Bertz CT molecular complexity index is 637. The number of ketones is 1. The van der Waals surface area contributed by atoms with Crippen molar-refractivity contribution in [2.45, 2.75) is 258 Å². The summed E-state index contributed by atoms with van der Waals surface area (Å²) in [6.07, 6.45) is 45.2. The monoisotopic (exact) mass is 664 g/mol. The molecule has 0 bridgehead atoms. The van der Waals surface area contributed by atoms with E-state index in [0.717, 1.165) is 51.4 Å². The molecule has 0 spiro atoms. The minimum absolute atomic E-state index is 0.0862. The number of carbonyl (C=O) groups excluding carboxylic acids is 2. The Morgan fingerprint density at radius 1 is 0.404 bits per heavy atom. The average Bonchev–Trinajstić information content (AvgIpc) is 3.07. The van der Waals surface area contributed by atoms with Crippen LogP contribution in [0, 0.1) is 0 Å². The maximum Gasteiger partial charge on any atom is 0.220 e. The molecule has 0 rings (SSSR count). The van der Waals surface area contributed by atoms with Crippen molar-refractivity contribution >= 4 is 11.7 Å². The molecule has 0 unspecified atom stereocenters. The maximum absolute atomic E-state index is 12.1. The van der Waals surface area contributed by atoms with Gasteiger partial charge < -0.3 is 10.4 Å². The van der Waals surface area contributed by atoms with Crippen LogP contribution in [-0.2, 0) is 9.59 Å². The van der Waals surface area contributed by atoms with E-state index in [0.29, 0.717) is 18.7 Å². The lowest BCUT2D eigenvalue weighted by atomic mass is 10.0. The number of aliphatic hydroxyl groups excluding tert-OH is 1. The van der Waals surface area contributed by atoms with Gasteiger partial charge in [-0.15, -0.1) is 0 Å². The first kappa shape index (κ1) is 46.1. The summed E-state index contributed by atoms with van der Waals surface area (Å²) in [6, 6.07) is 0. The molecule has 4 nitrogen and oxygen atoms in total. The number of aliphatic hydroxyl groups is 1. The van der Waals surface area contributed by atoms with Crippen LogP contribution in [0.1, 0.15) is 251 Å². The van der Waals surface area contributed by atoms with Gasteiger partial charge >= 0.3 is 0 Å². The smallest absolute Gasteiger partial charge is 0.220 e. The Morgan fingerprint density at radius 2 is 0.681 bits per heavy atom. The van der Waals surface area contributed by atoms with Gasteiger partial charge in [0.25, 0.3) is 0 Å². The number of unbranched alkanes of at least 4 members (excludes halogenated alkanes) is 30. The van der Waals surface area contributed by atoms with E-state index in [1.165, 1.54) is 180 Å². The minimum Gasteiger partial charge on any atom is -0.391 e. The fraction of sp³-hybridized carbons (Fsp3) is 0.953. The SMILES string of the molecule is CCCCCCCCCCCCCCCCCC[C@H](O)CNC(=O)CCCCCCCCCCC(=O)CCCCCCCCCCC. The normalized spacial score (nSPS) is 12.1. The lowest BCUT2D eigenvalue weighted by molar-refractivity contribution is -0.121. The second-order valence-electron chi connectivity index (χ2n) is 15.0. The Morgan fingerprint density at radius 3 is 1.02 bits per heavy atom. The predicted molar refractivity (Wildman–Crippen MR) is 206 cm³/mol. The van der Waals surface area contributed by atoms with Crippen LogP contribution >= 0.6 is 0 Å². The lowest BCUT2D eigenvalue weighted by Crippen LogP contribution is -2.31. The molecule has 0 aromatic heterocycles. The van der Waals surface area contributed by atoms with Crippen LogP contribution in [0.4, 0.5) is 0 Å². The van der Waals surface area contributed by atoms with Gasteiger partial charge in [-0.1, -0.05) is 206 Å². The van der Waals surface area contributed by atoms with E-state index in [1.807, 2.05) is 0 Å². The Kier molecular flexibility index (Phi) is 38.8. The van der Waals surface area contributed by atoms with Gasteiger partial charge in [-0.2, -0.15) is 0 Å². The van der Waals surface area contributed by atoms with Gasteiger partial charge in [0.15, 0.2) is 0 Å². The van der Waals surface area contributed by atoms with E-state index in [9.17, 15) is 14.7 Å². The largest absolute Gasteiger partial charge is 0.391 e. The van der Waals surface area contributed by atoms with Crippen LogP contribution < -0.4 is 5.32 Å². The van der Waals surface area contributed by atoms with Gasteiger partial charge in [-0.05, 0) is 25.7 Å². The van der Waals surface area contributed by atoms with Crippen molar-refractivity contribution in [3.8, 4) is 0 Å². The molecule has 47 heavy (non-hydrogen) atoms. The summed E-state index contributed by atoms with van der Waals surface area (Å²) in [5.74, 6) is 0.557. The van der Waals surface area contributed by atoms with Crippen molar-refractivity contribution < 1.29 is 14.7 Å². The second-order valence-corrected chi connectivity index (χ2v) is 15.0. The lowest BCUT2D eigenvalue weighted by Gasteiger charge is -2.12. The third-order valence-corrected chi connectivity index (χ3v) is 10.1. The first-order valence-corrected chi connectivity index (χ1v) is 21.6. The molecule has 0 fully saturated rings. The van der Waals surface area contributed by atoms with E-state index in [1.54, 1.807) is 0 Å². The van der Waals surface area contributed by atoms with Crippen molar-refractivity contribution in [3.63, 3.8) is 0 Å². The minimum atomic E-state index is -0.407. The summed E-state index contributed by atoms with van der Waals surface area (Å²) in [5, 5.41) is 13.2. The predicted octanol–water partition coefficient (Wildman–Crippen LogP) is 13.5. The third kappa shape index (κ3) is 39.4. The van der Waals surface area contributed by atoms with Crippen LogP contribution in [0.25, 0.3) is 0 Å². The first-order valence-electron chi connectivity index (χ1n) is 21.6. The van der Waals surface area contributed by atoms with Crippen molar-refractivity contribution in [2.24, 2.45) is 0 Å². The summed E-state index contributed by atoms with van der Waals surface area (Å²) >= 11 is 0. The molecular weight excluding hydrogens is 578 g/mol. The zero-order valence-corrected chi connectivity index (χ0v) is 32.2. The average molecular weight is 664 g/mol. The molecule has 4 heteroatoms. The second kappa shape index (κ2) is 39.5. The van der Waals surface area contributed by atoms with Gasteiger partial charge in [-0.3, -0.25) is 9.59 Å². The number of hydrogen-bond acceptors (Lipinski definition) is 3. The first-order chi connectivity index (χ1) is 23.1. The molecule has 0 saturated heterocycles. The topological polar surface area (TPSA) is 66.4 Å². The van der Waals surface area contributed by atoms with Gasteiger partial charge in [0.05, 0.1) is 6.10 Å². The van der Waals surface area contributed by atoms with Crippen LogP contribution in [0.15, 0.2) is 0 Å².